The van der Waals surface area contributed by atoms with Crippen LogP contribution in [-0.2, 0) is 9.59 Å². The van der Waals surface area contributed by atoms with Crippen LogP contribution in [0.5, 0.6) is 5.75 Å². The van der Waals surface area contributed by atoms with E-state index >= 15 is 0 Å². The molecule has 6 nitrogen and oxygen atoms in total. The maximum Gasteiger partial charge on any atom is 0.260 e. The molecule has 0 radical (unpaired) electrons. The van der Waals surface area contributed by atoms with Gasteiger partial charge in [-0.25, -0.2) is 0 Å². The number of hydrogen-bond acceptors (Lipinski definition) is 4. The second-order valence-corrected chi connectivity index (χ2v) is 7.39. The predicted molar refractivity (Wildman–Crippen MR) is 100 cm³/mol. The molecule has 0 saturated carbocycles. The van der Waals surface area contributed by atoms with E-state index in [9.17, 15) is 9.59 Å². The number of carbonyl (C=O) groups excluding carboxylic acids is 2. The summed E-state index contributed by atoms with van der Waals surface area (Å²) in [6.07, 6.45) is 2.41. The van der Waals surface area contributed by atoms with Gasteiger partial charge in [0.2, 0.25) is 5.91 Å². The Balaban J connectivity index is 1.61. The molecule has 2 saturated heterocycles. The van der Waals surface area contributed by atoms with Crippen LogP contribution in [-0.4, -0.2) is 78.4 Å². The molecule has 3 rings (SSSR count). The average molecular weight is 380 g/mol. The van der Waals surface area contributed by atoms with Crippen LogP contribution < -0.4 is 4.74 Å². The molecule has 2 aliphatic heterocycles. The summed E-state index contributed by atoms with van der Waals surface area (Å²) in [5.74, 6) is 0.662. The molecule has 0 aromatic heterocycles. The molecule has 0 aliphatic carbocycles. The van der Waals surface area contributed by atoms with Gasteiger partial charge in [-0.05, 0) is 50.2 Å². The van der Waals surface area contributed by atoms with Crippen molar-refractivity contribution in [2.75, 3.05) is 45.9 Å². The second kappa shape index (κ2) is 8.73. The van der Waals surface area contributed by atoms with Crippen LogP contribution in [0.25, 0.3) is 0 Å². The van der Waals surface area contributed by atoms with Crippen LogP contribution >= 0.6 is 11.6 Å². The van der Waals surface area contributed by atoms with Gasteiger partial charge >= 0.3 is 0 Å². The van der Waals surface area contributed by atoms with Crippen LogP contribution in [0.1, 0.15) is 19.8 Å². The number of likely N-dealkylation sites (tertiary alicyclic amines) is 1. The molecular formula is C19H26ClN3O3. The lowest BCUT2D eigenvalue weighted by atomic mass is 10.1. The number of ether oxygens (including phenoxy) is 1. The van der Waals surface area contributed by atoms with E-state index in [1.165, 1.54) is 12.8 Å². The highest BCUT2D eigenvalue weighted by Gasteiger charge is 2.33. The van der Waals surface area contributed by atoms with E-state index in [4.69, 9.17) is 16.3 Å². The van der Waals surface area contributed by atoms with Crippen molar-refractivity contribution in [1.82, 2.24) is 14.7 Å². The van der Waals surface area contributed by atoms with Gasteiger partial charge in [-0.2, -0.15) is 0 Å². The summed E-state index contributed by atoms with van der Waals surface area (Å²) in [4.78, 5) is 30.6. The maximum absolute atomic E-state index is 12.8. The van der Waals surface area contributed by atoms with Crippen molar-refractivity contribution in [1.29, 1.82) is 0 Å². The van der Waals surface area contributed by atoms with Gasteiger partial charge in [0.15, 0.2) is 6.61 Å². The Hall–Kier alpha value is -1.79. The van der Waals surface area contributed by atoms with Gasteiger partial charge < -0.3 is 19.4 Å². The summed E-state index contributed by atoms with van der Waals surface area (Å²) in [6, 6.07) is 7.01. The van der Waals surface area contributed by atoms with Crippen LogP contribution in [0, 0.1) is 0 Å². The zero-order valence-corrected chi connectivity index (χ0v) is 16.0. The first-order valence-electron chi connectivity index (χ1n) is 9.18. The molecule has 1 atom stereocenters. The minimum absolute atomic E-state index is 0.00178. The van der Waals surface area contributed by atoms with Crippen molar-refractivity contribution >= 4 is 23.4 Å². The fourth-order valence-corrected chi connectivity index (χ4v) is 3.77. The second-order valence-electron chi connectivity index (χ2n) is 6.96. The SMILES string of the molecule is CC(=O)N1CCN(C(=O)COc2ccc(Cl)cc2)C(CN2CCCC2)C1. The Morgan fingerprint density at radius 3 is 2.46 bits per heavy atom. The molecule has 0 N–H and O–H groups in total. The van der Waals surface area contributed by atoms with Crippen LogP contribution in [0.3, 0.4) is 0 Å². The summed E-state index contributed by atoms with van der Waals surface area (Å²) in [6.45, 7) is 6.28. The van der Waals surface area contributed by atoms with Crippen LogP contribution in [0.2, 0.25) is 5.02 Å². The first-order valence-corrected chi connectivity index (χ1v) is 9.56. The molecule has 2 amide bonds. The molecule has 1 aromatic carbocycles. The lowest BCUT2D eigenvalue weighted by Gasteiger charge is -2.42. The quantitative estimate of drug-likeness (QED) is 0.783. The molecule has 1 unspecified atom stereocenters. The van der Waals surface area contributed by atoms with E-state index < -0.39 is 0 Å². The monoisotopic (exact) mass is 379 g/mol. The molecule has 142 valence electrons. The highest BCUT2D eigenvalue weighted by Crippen LogP contribution is 2.18. The van der Waals surface area contributed by atoms with Crippen LogP contribution in [0.15, 0.2) is 24.3 Å². The van der Waals surface area contributed by atoms with Crippen molar-refractivity contribution in [2.45, 2.75) is 25.8 Å². The largest absolute Gasteiger partial charge is 0.484 e. The lowest BCUT2D eigenvalue weighted by molar-refractivity contribution is -0.144. The normalized spacial score (nSPS) is 21.1. The van der Waals surface area contributed by atoms with Gasteiger partial charge in [-0.15, -0.1) is 0 Å². The van der Waals surface area contributed by atoms with Crippen molar-refractivity contribution in [3.05, 3.63) is 29.3 Å². The number of rotatable bonds is 5. The summed E-state index contributed by atoms with van der Waals surface area (Å²) >= 11 is 5.87. The number of halogens is 1. The summed E-state index contributed by atoms with van der Waals surface area (Å²) in [5, 5.41) is 0.634. The van der Waals surface area contributed by atoms with E-state index in [0.29, 0.717) is 30.4 Å². The Bertz CT molecular complexity index is 631. The molecule has 7 heteroatoms. The van der Waals surface area contributed by atoms with E-state index in [1.807, 2.05) is 9.80 Å². The van der Waals surface area contributed by atoms with Gasteiger partial charge in [0, 0.05) is 38.1 Å². The summed E-state index contributed by atoms with van der Waals surface area (Å²) in [5.41, 5.74) is 0. The number of benzene rings is 1. The molecule has 0 spiro atoms. The van der Waals surface area contributed by atoms with Gasteiger partial charge in [0.1, 0.15) is 5.75 Å². The lowest BCUT2D eigenvalue weighted by Crippen LogP contribution is -2.60. The third-order valence-electron chi connectivity index (χ3n) is 5.09. The van der Waals surface area contributed by atoms with E-state index in [0.717, 1.165) is 19.6 Å². The first-order chi connectivity index (χ1) is 12.5. The smallest absolute Gasteiger partial charge is 0.260 e. The molecule has 1 aromatic rings. The fourth-order valence-electron chi connectivity index (χ4n) is 3.65. The third kappa shape index (κ3) is 4.89. The van der Waals surface area contributed by atoms with E-state index in [1.54, 1.807) is 31.2 Å². The van der Waals surface area contributed by atoms with Gasteiger partial charge in [0.25, 0.3) is 5.91 Å². The number of nitrogens with zero attached hydrogens (tertiary/aromatic N) is 3. The minimum atomic E-state index is -0.0349. The van der Waals surface area contributed by atoms with Gasteiger partial charge in [0.05, 0.1) is 6.04 Å². The standard InChI is InChI=1S/C19H26ClN3O3/c1-15(24)22-10-11-23(17(13-22)12-21-8-2-3-9-21)19(25)14-26-18-6-4-16(20)5-7-18/h4-7,17H,2-3,8-14H2,1H3. The zero-order chi connectivity index (χ0) is 18.5. The van der Waals surface area contributed by atoms with Crippen molar-refractivity contribution in [2.24, 2.45) is 0 Å². The minimum Gasteiger partial charge on any atom is -0.484 e. The van der Waals surface area contributed by atoms with Gasteiger partial charge in [-0.3, -0.25) is 9.59 Å². The number of carbonyl (C=O) groups is 2. The number of hydrogen-bond donors (Lipinski definition) is 0. The highest BCUT2D eigenvalue weighted by molar-refractivity contribution is 6.30. The van der Waals surface area contributed by atoms with E-state index in [2.05, 4.69) is 4.90 Å². The summed E-state index contributed by atoms with van der Waals surface area (Å²) in [7, 11) is 0. The zero-order valence-electron chi connectivity index (χ0n) is 15.2. The predicted octanol–water partition coefficient (Wildman–Crippen LogP) is 1.87. The van der Waals surface area contributed by atoms with E-state index in [-0.39, 0.29) is 24.5 Å². The van der Waals surface area contributed by atoms with Crippen molar-refractivity contribution in [3.63, 3.8) is 0 Å². The molecule has 2 fully saturated rings. The third-order valence-corrected chi connectivity index (χ3v) is 5.34. The average Bonchev–Trinajstić information content (AvgIpc) is 3.14. The topological polar surface area (TPSA) is 53.1 Å². The molecule has 26 heavy (non-hydrogen) atoms. The van der Waals surface area contributed by atoms with Crippen LogP contribution in [0.4, 0.5) is 0 Å². The molecular weight excluding hydrogens is 354 g/mol. The molecule has 0 bridgehead atoms. The molecule has 2 aliphatic rings. The van der Waals surface area contributed by atoms with Crippen molar-refractivity contribution in [3.8, 4) is 5.75 Å². The molecule has 2 heterocycles. The van der Waals surface area contributed by atoms with Gasteiger partial charge in [-0.1, -0.05) is 11.6 Å². The highest BCUT2D eigenvalue weighted by atomic mass is 35.5. The number of piperazine rings is 1. The Morgan fingerprint density at radius 1 is 1.12 bits per heavy atom. The van der Waals surface area contributed by atoms with Crippen molar-refractivity contribution < 1.29 is 14.3 Å². The summed E-state index contributed by atoms with van der Waals surface area (Å²) < 4.78 is 5.62. The Kier molecular flexibility index (Phi) is 6.38. The Morgan fingerprint density at radius 2 is 1.81 bits per heavy atom. The first kappa shape index (κ1) is 19.0. The Labute approximate surface area is 159 Å². The maximum atomic E-state index is 12.8. The number of amides is 2. The fraction of sp³-hybridized carbons (Fsp3) is 0.579.